The van der Waals surface area contributed by atoms with E-state index in [1.807, 2.05) is 24.3 Å². The van der Waals surface area contributed by atoms with Crippen LogP contribution in [0, 0.1) is 0 Å². The first kappa shape index (κ1) is 23.8. The number of anilines is 1. The molecule has 2 aliphatic rings. The zero-order valence-corrected chi connectivity index (χ0v) is 19.9. The summed E-state index contributed by atoms with van der Waals surface area (Å²) in [5.74, 6) is 2.62. The summed E-state index contributed by atoms with van der Waals surface area (Å²) in [4.78, 5) is 17.1. The summed E-state index contributed by atoms with van der Waals surface area (Å²) in [6, 6.07) is 11.9. The highest BCUT2D eigenvalue weighted by atomic mass is 16.6. The second-order valence-electron chi connectivity index (χ2n) is 8.25. The molecule has 0 aliphatic carbocycles. The molecule has 2 aliphatic heterocycles. The van der Waals surface area contributed by atoms with E-state index in [0.717, 1.165) is 50.5 Å². The smallest absolute Gasteiger partial charge is 0.243 e. The lowest BCUT2D eigenvalue weighted by Crippen LogP contribution is -2.47. The molecule has 2 aromatic rings. The lowest BCUT2D eigenvalue weighted by molar-refractivity contribution is -0.116. The van der Waals surface area contributed by atoms with Crippen molar-refractivity contribution in [3.63, 3.8) is 0 Å². The number of piperazine rings is 1. The predicted molar refractivity (Wildman–Crippen MR) is 132 cm³/mol. The molecule has 0 unspecified atom stereocenters. The molecule has 0 radical (unpaired) electrons. The molecule has 182 valence electrons. The largest absolute Gasteiger partial charge is 0.497 e. The van der Waals surface area contributed by atoms with E-state index in [2.05, 4.69) is 27.2 Å². The zero-order valence-electron chi connectivity index (χ0n) is 19.9. The van der Waals surface area contributed by atoms with Gasteiger partial charge in [0.2, 0.25) is 11.7 Å². The molecule has 1 N–H and O–H groups in total. The van der Waals surface area contributed by atoms with Crippen LogP contribution in [0.1, 0.15) is 12.0 Å². The molecule has 4 rings (SSSR count). The minimum absolute atomic E-state index is 0.113. The average Bonchev–Trinajstić information content (AvgIpc) is 2.90. The number of carbonyl (C=O) groups is 1. The lowest BCUT2D eigenvalue weighted by atomic mass is 10.1. The van der Waals surface area contributed by atoms with Crippen molar-refractivity contribution in [1.29, 1.82) is 0 Å². The molecule has 1 fully saturated rings. The highest BCUT2D eigenvalue weighted by molar-refractivity contribution is 5.91. The van der Waals surface area contributed by atoms with Gasteiger partial charge >= 0.3 is 0 Å². The van der Waals surface area contributed by atoms with Gasteiger partial charge in [0.05, 0.1) is 14.2 Å². The Hall–Kier alpha value is -3.39. The molecule has 0 spiro atoms. The van der Waals surface area contributed by atoms with Crippen molar-refractivity contribution >= 4 is 17.7 Å². The van der Waals surface area contributed by atoms with E-state index in [1.165, 1.54) is 5.69 Å². The van der Waals surface area contributed by atoms with E-state index in [1.54, 1.807) is 26.4 Å². The average molecular weight is 468 g/mol. The highest BCUT2D eigenvalue weighted by Crippen LogP contribution is 2.40. The van der Waals surface area contributed by atoms with Crippen LogP contribution in [0.25, 0.3) is 6.08 Å². The summed E-state index contributed by atoms with van der Waals surface area (Å²) >= 11 is 0. The highest BCUT2D eigenvalue weighted by Gasteiger charge is 2.18. The van der Waals surface area contributed by atoms with Gasteiger partial charge in [-0.1, -0.05) is 0 Å². The number of methoxy groups -OCH3 is 2. The van der Waals surface area contributed by atoms with Gasteiger partial charge in [-0.15, -0.1) is 0 Å². The van der Waals surface area contributed by atoms with Gasteiger partial charge in [-0.2, -0.15) is 0 Å². The number of ether oxygens (including phenoxy) is 4. The van der Waals surface area contributed by atoms with Gasteiger partial charge in [0.25, 0.3) is 0 Å². The predicted octanol–water partition coefficient (Wildman–Crippen LogP) is 2.82. The van der Waals surface area contributed by atoms with E-state index in [-0.39, 0.29) is 5.91 Å². The first-order valence-electron chi connectivity index (χ1n) is 11.7. The fourth-order valence-corrected chi connectivity index (χ4v) is 4.16. The number of rotatable bonds is 9. The molecule has 0 atom stereocenters. The molecule has 0 bridgehead atoms. The number of hydrogen-bond donors (Lipinski definition) is 1. The minimum Gasteiger partial charge on any atom is -0.497 e. The van der Waals surface area contributed by atoms with Crippen molar-refractivity contribution in [3.05, 3.63) is 48.0 Å². The van der Waals surface area contributed by atoms with E-state index in [9.17, 15) is 4.79 Å². The second-order valence-corrected chi connectivity index (χ2v) is 8.25. The fraction of sp³-hybridized carbons (Fsp3) is 0.423. The van der Waals surface area contributed by atoms with Crippen LogP contribution < -0.4 is 29.2 Å². The fourth-order valence-electron chi connectivity index (χ4n) is 4.16. The van der Waals surface area contributed by atoms with Crippen LogP contribution in [0.3, 0.4) is 0 Å². The van der Waals surface area contributed by atoms with Gasteiger partial charge in [-0.3, -0.25) is 9.69 Å². The third-order valence-electron chi connectivity index (χ3n) is 6.04. The van der Waals surface area contributed by atoms with Crippen LogP contribution in [0.5, 0.6) is 23.0 Å². The lowest BCUT2D eigenvalue weighted by Gasteiger charge is -2.36. The number of fused-ring (bicyclic) bond motifs is 1. The maximum absolute atomic E-state index is 12.2. The summed E-state index contributed by atoms with van der Waals surface area (Å²) < 4.78 is 21.9. The van der Waals surface area contributed by atoms with Crippen LogP contribution in [0.4, 0.5) is 5.69 Å². The van der Waals surface area contributed by atoms with Gasteiger partial charge in [-0.05, 0) is 61.0 Å². The molecule has 0 saturated carbocycles. The number of carbonyl (C=O) groups excluding carboxylic acids is 1. The Kier molecular flexibility index (Phi) is 8.14. The topological polar surface area (TPSA) is 72.5 Å². The number of benzene rings is 2. The first-order chi connectivity index (χ1) is 16.7. The van der Waals surface area contributed by atoms with Crippen LogP contribution >= 0.6 is 0 Å². The Morgan fingerprint density at radius 3 is 2.53 bits per heavy atom. The molecule has 2 heterocycles. The third kappa shape index (κ3) is 6.14. The monoisotopic (exact) mass is 467 g/mol. The molecule has 2 aromatic carbocycles. The maximum Gasteiger partial charge on any atom is 0.243 e. The van der Waals surface area contributed by atoms with Gasteiger partial charge in [0.15, 0.2) is 11.5 Å². The van der Waals surface area contributed by atoms with E-state index in [0.29, 0.717) is 37.0 Å². The second kappa shape index (κ2) is 11.7. The Morgan fingerprint density at radius 1 is 1.03 bits per heavy atom. The molecule has 1 amide bonds. The van der Waals surface area contributed by atoms with Crippen molar-refractivity contribution in [2.45, 2.75) is 6.42 Å². The summed E-state index contributed by atoms with van der Waals surface area (Å²) in [5.41, 5.74) is 2.06. The maximum atomic E-state index is 12.2. The van der Waals surface area contributed by atoms with Gasteiger partial charge < -0.3 is 29.2 Å². The molecular formula is C26H33N3O5. The quantitative estimate of drug-likeness (QED) is 0.449. The van der Waals surface area contributed by atoms with Crippen molar-refractivity contribution in [2.24, 2.45) is 0 Å². The zero-order chi connectivity index (χ0) is 23.8. The Labute approximate surface area is 201 Å². The summed E-state index contributed by atoms with van der Waals surface area (Å²) in [6.07, 6.45) is 4.22. The number of nitrogens with one attached hydrogen (secondary N) is 1. The van der Waals surface area contributed by atoms with Gasteiger partial charge in [0, 0.05) is 44.5 Å². The molecule has 1 saturated heterocycles. The molecule has 0 aromatic heterocycles. The standard InChI is InChI=1S/C26H33N3O5/c1-31-22-7-5-21(6-8-22)29-14-12-28(13-15-29)11-3-10-27-25(30)9-4-20-18-23(32-2)26-24(19-20)33-16-17-34-26/h4-9,18-19H,3,10-17H2,1-2H3,(H,27,30)/b9-4+. The van der Waals surface area contributed by atoms with Crippen LogP contribution in [0.2, 0.25) is 0 Å². The van der Waals surface area contributed by atoms with Crippen molar-refractivity contribution in [3.8, 4) is 23.0 Å². The normalized spacial score (nSPS) is 15.9. The number of hydrogen-bond acceptors (Lipinski definition) is 7. The van der Waals surface area contributed by atoms with Crippen molar-refractivity contribution < 1.29 is 23.7 Å². The molecule has 34 heavy (non-hydrogen) atoms. The van der Waals surface area contributed by atoms with E-state index in [4.69, 9.17) is 18.9 Å². The van der Waals surface area contributed by atoms with Gasteiger partial charge in [0.1, 0.15) is 19.0 Å². The Balaban J connectivity index is 1.16. The Bertz CT molecular complexity index is 967. The van der Waals surface area contributed by atoms with E-state index < -0.39 is 0 Å². The van der Waals surface area contributed by atoms with Crippen LogP contribution in [-0.4, -0.2) is 77.5 Å². The number of nitrogens with zero attached hydrogens (tertiary/aromatic N) is 2. The molecule has 8 nitrogen and oxygen atoms in total. The Morgan fingerprint density at radius 2 is 1.79 bits per heavy atom. The third-order valence-corrected chi connectivity index (χ3v) is 6.04. The van der Waals surface area contributed by atoms with Crippen molar-refractivity contribution in [1.82, 2.24) is 10.2 Å². The summed E-state index contributed by atoms with van der Waals surface area (Å²) in [7, 11) is 3.27. The van der Waals surface area contributed by atoms with Crippen LogP contribution in [0.15, 0.2) is 42.5 Å². The van der Waals surface area contributed by atoms with Gasteiger partial charge in [-0.25, -0.2) is 0 Å². The molecular weight excluding hydrogens is 434 g/mol. The van der Waals surface area contributed by atoms with E-state index >= 15 is 0 Å². The summed E-state index contributed by atoms with van der Waals surface area (Å²) in [6.45, 7) is 6.66. The number of amides is 1. The molecule has 8 heteroatoms. The summed E-state index contributed by atoms with van der Waals surface area (Å²) in [5, 5.41) is 2.97. The minimum atomic E-state index is -0.113. The first-order valence-corrected chi connectivity index (χ1v) is 11.7. The SMILES string of the molecule is COc1ccc(N2CCN(CCCNC(=O)/C=C/c3cc(OC)c4c(c3)OCCO4)CC2)cc1. The van der Waals surface area contributed by atoms with Crippen molar-refractivity contribution in [2.75, 3.05) is 71.6 Å². The van der Waals surface area contributed by atoms with Crippen LogP contribution in [-0.2, 0) is 4.79 Å².